The first-order valence-corrected chi connectivity index (χ1v) is 10.5. The van der Waals surface area contributed by atoms with Gasteiger partial charge in [0.05, 0.1) is 12.6 Å². The van der Waals surface area contributed by atoms with Gasteiger partial charge in [0.15, 0.2) is 0 Å². The Hall–Kier alpha value is -3.86. The molecule has 5 nitrogen and oxygen atoms in total. The van der Waals surface area contributed by atoms with Gasteiger partial charge >= 0.3 is 0 Å². The minimum atomic E-state index is -0.0232. The van der Waals surface area contributed by atoms with E-state index in [9.17, 15) is 0 Å². The number of ether oxygens (including phenoxy) is 1. The normalized spacial score (nSPS) is 13.4. The average molecular weight is 411 g/mol. The summed E-state index contributed by atoms with van der Waals surface area (Å²) in [5.41, 5.74) is 3.42. The number of aromatic nitrogens is 3. The van der Waals surface area contributed by atoms with E-state index >= 15 is 0 Å². The van der Waals surface area contributed by atoms with Crippen molar-refractivity contribution in [2.45, 2.75) is 18.9 Å². The Bertz CT molecular complexity index is 1060. The third-order valence-corrected chi connectivity index (χ3v) is 5.06. The van der Waals surface area contributed by atoms with Crippen LogP contribution in [0.15, 0.2) is 110 Å². The molecule has 3 aromatic carbocycles. The van der Waals surface area contributed by atoms with Crippen LogP contribution in [0.5, 0.6) is 0 Å². The van der Waals surface area contributed by atoms with Crippen LogP contribution in [-0.4, -0.2) is 21.4 Å². The lowest BCUT2D eigenvalue weighted by atomic mass is 9.86. The Morgan fingerprint density at radius 1 is 0.903 bits per heavy atom. The molecule has 0 fully saturated rings. The summed E-state index contributed by atoms with van der Waals surface area (Å²) in [5.74, 6) is 0.638. The second-order valence-corrected chi connectivity index (χ2v) is 7.11. The smallest absolute Gasteiger partial charge is 0.212 e. The summed E-state index contributed by atoms with van der Waals surface area (Å²) >= 11 is 0. The molecular formula is C26H26N4O. The monoisotopic (exact) mass is 410 g/mol. The van der Waals surface area contributed by atoms with E-state index in [4.69, 9.17) is 4.74 Å². The summed E-state index contributed by atoms with van der Waals surface area (Å²) in [5, 5.41) is 8.03. The van der Waals surface area contributed by atoms with E-state index in [1.54, 1.807) is 11.0 Å². The Morgan fingerprint density at radius 3 is 2.10 bits per heavy atom. The Kier molecular flexibility index (Phi) is 6.75. The summed E-state index contributed by atoms with van der Waals surface area (Å²) in [4.78, 5) is 4.09. The van der Waals surface area contributed by atoms with E-state index < -0.39 is 0 Å². The highest BCUT2D eigenvalue weighted by Crippen LogP contribution is 2.36. The lowest BCUT2D eigenvalue weighted by Crippen LogP contribution is -2.20. The molecule has 4 aromatic rings. The number of benzene rings is 3. The van der Waals surface area contributed by atoms with Crippen molar-refractivity contribution in [3.8, 4) is 0 Å². The molecule has 1 heterocycles. The van der Waals surface area contributed by atoms with Crippen LogP contribution in [0.3, 0.4) is 0 Å². The van der Waals surface area contributed by atoms with Crippen LogP contribution in [-0.2, 0) is 4.74 Å². The van der Waals surface area contributed by atoms with E-state index in [0.29, 0.717) is 12.5 Å². The highest BCUT2D eigenvalue weighted by Gasteiger charge is 2.25. The van der Waals surface area contributed by atoms with Crippen LogP contribution in [0, 0.1) is 0 Å². The molecule has 156 valence electrons. The maximum atomic E-state index is 5.97. The molecule has 0 amide bonds. The number of para-hydroxylation sites is 1. The third kappa shape index (κ3) is 5.20. The average Bonchev–Trinajstić information content (AvgIpc) is 3.37. The van der Waals surface area contributed by atoms with Crippen LogP contribution < -0.4 is 5.32 Å². The lowest BCUT2D eigenvalue weighted by Gasteiger charge is -2.28. The maximum Gasteiger partial charge on any atom is 0.212 e. The standard InChI is InChI=1S/C26H26N4O/c1-2-31-25(30-20-27-19-28-30)18-24(21-12-6-3-7-13-21)26(22-14-8-4-9-15-22)29-23-16-10-5-11-17-23/h3-20,24,26,29H,2H2,1H3/b25-18+. The first-order valence-electron chi connectivity index (χ1n) is 10.5. The minimum Gasteiger partial charge on any atom is -0.478 e. The zero-order valence-electron chi connectivity index (χ0n) is 17.5. The highest BCUT2D eigenvalue weighted by atomic mass is 16.5. The van der Waals surface area contributed by atoms with Gasteiger partial charge in [-0.2, -0.15) is 9.78 Å². The lowest BCUT2D eigenvalue weighted by molar-refractivity contribution is 0.270. The highest BCUT2D eigenvalue weighted by molar-refractivity contribution is 5.50. The van der Waals surface area contributed by atoms with E-state index in [2.05, 4.69) is 82.1 Å². The molecule has 0 aliphatic heterocycles. The molecule has 2 unspecified atom stereocenters. The summed E-state index contributed by atoms with van der Waals surface area (Å²) < 4.78 is 7.64. The fourth-order valence-electron chi connectivity index (χ4n) is 3.63. The second-order valence-electron chi connectivity index (χ2n) is 7.11. The largest absolute Gasteiger partial charge is 0.478 e. The van der Waals surface area contributed by atoms with Gasteiger partial charge in [-0.05, 0) is 36.3 Å². The Balaban J connectivity index is 1.83. The van der Waals surface area contributed by atoms with Crippen molar-refractivity contribution >= 4 is 11.6 Å². The van der Waals surface area contributed by atoms with Gasteiger partial charge in [0.25, 0.3) is 0 Å². The van der Waals surface area contributed by atoms with E-state index in [0.717, 1.165) is 5.69 Å². The molecule has 0 saturated carbocycles. The van der Waals surface area contributed by atoms with E-state index in [1.807, 2.05) is 37.3 Å². The van der Waals surface area contributed by atoms with Crippen molar-refractivity contribution in [3.63, 3.8) is 0 Å². The van der Waals surface area contributed by atoms with Gasteiger partial charge in [0, 0.05) is 11.6 Å². The number of hydrogen-bond donors (Lipinski definition) is 1. The van der Waals surface area contributed by atoms with Crippen LogP contribution in [0.25, 0.3) is 5.88 Å². The minimum absolute atomic E-state index is 0.0189. The van der Waals surface area contributed by atoms with E-state index in [1.165, 1.54) is 17.5 Å². The van der Waals surface area contributed by atoms with Crippen LogP contribution >= 0.6 is 0 Å². The topological polar surface area (TPSA) is 52.0 Å². The van der Waals surface area contributed by atoms with Gasteiger partial charge in [-0.3, -0.25) is 0 Å². The van der Waals surface area contributed by atoms with Gasteiger partial charge in [-0.25, -0.2) is 4.98 Å². The van der Waals surface area contributed by atoms with Crippen molar-refractivity contribution in [1.29, 1.82) is 0 Å². The van der Waals surface area contributed by atoms with Gasteiger partial charge in [0.1, 0.15) is 12.7 Å². The van der Waals surface area contributed by atoms with E-state index in [-0.39, 0.29) is 12.0 Å². The molecule has 5 heteroatoms. The van der Waals surface area contributed by atoms with Gasteiger partial charge < -0.3 is 10.1 Å². The predicted molar refractivity (Wildman–Crippen MR) is 124 cm³/mol. The first kappa shape index (κ1) is 20.4. The first-order chi connectivity index (χ1) is 15.3. The summed E-state index contributed by atoms with van der Waals surface area (Å²) in [6, 6.07) is 31.2. The SMILES string of the molecule is CCO/C(=C/C(c1ccccc1)C(Nc1ccccc1)c1ccccc1)n1cncn1. The third-order valence-electron chi connectivity index (χ3n) is 5.06. The van der Waals surface area contributed by atoms with Crippen molar-refractivity contribution in [2.75, 3.05) is 11.9 Å². The molecule has 1 aromatic heterocycles. The fraction of sp³-hybridized carbons (Fsp3) is 0.154. The molecule has 2 atom stereocenters. The molecule has 0 saturated heterocycles. The fourth-order valence-corrected chi connectivity index (χ4v) is 3.63. The molecule has 0 aliphatic rings. The molecule has 1 N–H and O–H groups in total. The Morgan fingerprint density at radius 2 is 1.52 bits per heavy atom. The van der Waals surface area contributed by atoms with Crippen molar-refractivity contribution in [1.82, 2.24) is 14.8 Å². The molecule has 0 radical (unpaired) electrons. The zero-order chi connectivity index (χ0) is 21.3. The summed E-state index contributed by atoms with van der Waals surface area (Å²) in [6.07, 6.45) is 5.30. The van der Waals surface area contributed by atoms with Gasteiger partial charge in [-0.15, -0.1) is 0 Å². The second kappa shape index (κ2) is 10.3. The zero-order valence-corrected chi connectivity index (χ0v) is 17.5. The molecule has 0 bridgehead atoms. The predicted octanol–water partition coefficient (Wildman–Crippen LogP) is 5.75. The van der Waals surface area contributed by atoms with Gasteiger partial charge in [-0.1, -0.05) is 78.9 Å². The van der Waals surface area contributed by atoms with Crippen LogP contribution in [0.4, 0.5) is 5.69 Å². The number of nitrogens with zero attached hydrogens (tertiary/aromatic N) is 3. The molecule has 4 rings (SSSR count). The maximum absolute atomic E-state index is 5.97. The summed E-state index contributed by atoms with van der Waals surface area (Å²) in [7, 11) is 0. The van der Waals surface area contributed by atoms with Crippen molar-refractivity contribution in [2.24, 2.45) is 0 Å². The number of anilines is 1. The van der Waals surface area contributed by atoms with Crippen molar-refractivity contribution < 1.29 is 4.74 Å². The summed E-state index contributed by atoms with van der Waals surface area (Å²) in [6.45, 7) is 2.51. The molecule has 0 spiro atoms. The molecule has 31 heavy (non-hydrogen) atoms. The molecule has 0 aliphatic carbocycles. The number of hydrogen-bond acceptors (Lipinski definition) is 4. The molecular weight excluding hydrogens is 384 g/mol. The quantitative estimate of drug-likeness (QED) is 0.357. The Labute approximate surface area is 183 Å². The van der Waals surface area contributed by atoms with Crippen LogP contribution in [0.1, 0.15) is 30.0 Å². The van der Waals surface area contributed by atoms with Gasteiger partial charge in [0.2, 0.25) is 5.88 Å². The van der Waals surface area contributed by atoms with Crippen LogP contribution in [0.2, 0.25) is 0 Å². The van der Waals surface area contributed by atoms with Crippen molar-refractivity contribution in [3.05, 3.63) is 121 Å². The number of rotatable bonds is 9. The number of nitrogens with one attached hydrogen (secondary N) is 1.